The van der Waals surface area contributed by atoms with Crippen molar-refractivity contribution in [1.29, 1.82) is 0 Å². The minimum absolute atomic E-state index is 0.0542. The molecule has 0 saturated carbocycles. The highest BCUT2D eigenvalue weighted by molar-refractivity contribution is 9.10. The molecule has 3 aliphatic rings. The molecule has 0 bridgehead atoms. The van der Waals surface area contributed by atoms with Gasteiger partial charge in [0.25, 0.3) is 0 Å². The van der Waals surface area contributed by atoms with Crippen molar-refractivity contribution in [1.82, 2.24) is 15.5 Å². The van der Waals surface area contributed by atoms with Gasteiger partial charge in [-0.2, -0.15) is 0 Å². The third-order valence-electron chi connectivity index (χ3n) is 5.33. The number of fused-ring (bicyclic) bond motifs is 2. The van der Waals surface area contributed by atoms with Crippen LogP contribution in [0.1, 0.15) is 25.3 Å². The molecule has 2 fully saturated rings. The Kier molecular flexibility index (Phi) is 3.81. The second-order valence-electron chi connectivity index (χ2n) is 6.92. The largest absolute Gasteiger partial charge is 0.479 e. The zero-order valence-corrected chi connectivity index (χ0v) is 16.1. The van der Waals surface area contributed by atoms with Crippen molar-refractivity contribution in [3.05, 3.63) is 28.2 Å². The maximum atomic E-state index is 13.0. The maximum absolute atomic E-state index is 13.0. The summed E-state index contributed by atoms with van der Waals surface area (Å²) < 4.78 is 7.21. The average Bonchev–Trinajstić information content (AvgIpc) is 2.92. The van der Waals surface area contributed by atoms with Crippen LogP contribution >= 0.6 is 28.1 Å². The van der Waals surface area contributed by atoms with E-state index < -0.39 is 11.1 Å². The number of ketones is 1. The van der Waals surface area contributed by atoms with Crippen molar-refractivity contribution in [2.75, 3.05) is 19.6 Å². The van der Waals surface area contributed by atoms with Crippen molar-refractivity contribution < 1.29 is 14.3 Å². The number of carbonyl (C=O) groups excluding carboxylic acids is 2. The number of Topliss-reactive ketones (excluding diaryl/α,β-unsaturated/α-hetero) is 1. The summed E-state index contributed by atoms with van der Waals surface area (Å²) in [5, 5.41) is 7.12. The van der Waals surface area contributed by atoms with E-state index in [-0.39, 0.29) is 18.2 Å². The molecule has 2 saturated heterocycles. The van der Waals surface area contributed by atoms with E-state index in [0.29, 0.717) is 36.8 Å². The molecule has 8 heteroatoms. The van der Waals surface area contributed by atoms with Crippen molar-refractivity contribution in [2.24, 2.45) is 0 Å². The van der Waals surface area contributed by atoms with Crippen molar-refractivity contribution in [3.8, 4) is 5.75 Å². The fourth-order valence-corrected chi connectivity index (χ4v) is 4.64. The number of halogens is 1. The highest BCUT2D eigenvalue weighted by Crippen LogP contribution is 2.48. The summed E-state index contributed by atoms with van der Waals surface area (Å²) >= 11 is 8.81. The Balaban J connectivity index is 1.76. The number of likely N-dealkylation sites (tertiary alicyclic amines) is 1. The lowest BCUT2D eigenvalue weighted by Crippen LogP contribution is -2.63. The van der Waals surface area contributed by atoms with Crippen LogP contribution in [0.25, 0.3) is 0 Å². The molecule has 0 aromatic heterocycles. The number of nitrogens with zero attached hydrogens (tertiary/aromatic N) is 1. The van der Waals surface area contributed by atoms with Gasteiger partial charge in [-0.1, -0.05) is 15.9 Å². The minimum atomic E-state index is -0.929. The van der Waals surface area contributed by atoms with E-state index >= 15 is 0 Å². The molecule has 2 atom stereocenters. The number of piperidine rings is 1. The van der Waals surface area contributed by atoms with Gasteiger partial charge in [0.1, 0.15) is 5.75 Å². The summed E-state index contributed by atoms with van der Waals surface area (Å²) in [7, 11) is 0. The molecule has 2 N–H and O–H groups in total. The lowest BCUT2D eigenvalue weighted by molar-refractivity contribution is -0.151. The van der Waals surface area contributed by atoms with E-state index in [1.165, 1.54) is 6.92 Å². The minimum Gasteiger partial charge on any atom is -0.479 e. The third kappa shape index (κ3) is 2.62. The number of hydrogen-bond donors (Lipinski definition) is 2. The maximum Gasteiger partial charge on any atom is 0.219 e. The summed E-state index contributed by atoms with van der Waals surface area (Å²) in [6.07, 6.45) is 0.971. The monoisotopic (exact) mass is 423 g/mol. The number of ether oxygens (including phenoxy) is 1. The Morgan fingerprint density at radius 3 is 2.88 bits per heavy atom. The van der Waals surface area contributed by atoms with Gasteiger partial charge >= 0.3 is 0 Å². The van der Waals surface area contributed by atoms with Crippen LogP contribution in [-0.4, -0.2) is 46.9 Å². The van der Waals surface area contributed by atoms with Crippen LogP contribution in [0.2, 0.25) is 0 Å². The van der Waals surface area contributed by atoms with E-state index in [4.69, 9.17) is 17.0 Å². The van der Waals surface area contributed by atoms with E-state index in [2.05, 4.69) is 26.6 Å². The SMILES string of the molecule is CC(=O)N1CCC2(CC3(CNC(=S)N3)c3cc(Br)ccc3O2)C(=O)C1. The Hall–Kier alpha value is -1.67. The second-order valence-corrected chi connectivity index (χ2v) is 8.24. The molecule has 6 nitrogen and oxygen atoms in total. The van der Waals surface area contributed by atoms with Crippen LogP contribution in [-0.2, 0) is 15.1 Å². The van der Waals surface area contributed by atoms with Crippen molar-refractivity contribution >= 4 is 45.0 Å². The van der Waals surface area contributed by atoms with Gasteiger partial charge in [-0.3, -0.25) is 9.59 Å². The molecule has 4 rings (SSSR count). The second kappa shape index (κ2) is 5.67. The van der Waals surface area contributed by atoms with Crippen LogP contribution in [0.4, 0.5) is 0 Å². The summed E-state index contributed by atoms with van der Waals surface area (Å²) in [5.41, 5.74) is -0.425. The molecule has 2 spiro atoms. The van der Waals surface area contributed by atoms with Gasteiger partial charge in [0, 0.05) is 42.9 Å². The van der Waals surface area contributed by atoms with Crippen LogP contribution < -0.4 is 15.4 Å². The zero-order chi connectivity index (χ0) is 17.8. The molecule has 2 unspecified atom stereocenters. The fourth-order valence-electron chi connectivity index (χ4n) is 4.02. The molecule has 1 amide bonds. The molecule has 1 aromatic carbocycles. The summed E-state index contributed by atoms with van der Waals surface area (Å²) in [6, 6.07) is 5.80. The Labute approximate surface area is 159 Å². The molecule has 3 heterocycles. The van der Waals surface area contributed by atoms with Crippen molar-refractivity contribution in [3.63, 3.8) is 0 Å². The van der Waals surface area contributed by atoms with Crippen LogP contribution in [0.15, 0.2) is 22.7 Å². The van der Waals surface area contributed by atoms with Gasteiger partial charge in [0.05, 0.1) is 12.1 Å². The van der Waals surface area contributed by atoms with E-state index in [1.54, 1.807) is 4.90 Å². The van der Waals surface area contributed by atoms with Gasteiger partial charge in [-0.05, 0) is 30.4 Å². The topological polar surface area (TPSA) is 70.7 Å². The van der Waals surface area contributed by atoms with Gasteiger partial charge in [-0.25, -0.2) is 0 Å². The summed E-state index contributed by atoms with van der Waals surface area (Å²) in [6.45, 7) is 2.70. The van der Waals surface area contributed by atoms with Crippen molar-refractivity contribution in [2.45, 2.75) is 30.9 Å². The first-order valence-corrected chi connectivity index (χ1v) is 9.38. The molecular weight excluding hydrogens is 406 g/mol. The number of benzene rings is 1. The van der Waals surface area contributed by atoms with Gasteiger partial charge < -0.3 is 20.3 Å². The number of carbonyl (C=O) groups is 2. The normalized spacial score (nSPS) is 30.7. The molecule has 25 heavy (non-hydrogen) atoms. The first kappa shape index (κ1) is 16.8. The third-order valence-corrected chi connectivity index (χ3v) is 6.07. The predicted octanol–water partition coefficient (Wildman–Crippen LogP) is 1.46. The van der Waals surface area contributed by atoms with Crippen LogP contribution in [0.3, 0.4) is 0 Å². The van der Waals surface area contributed by atoms with E-state index in [1.807, 2.05) is 18.2 Å². The lowest BCUT2D eigenvalue weighted by Gasteiger charge is -2.48. The molecule has 1 aromatic rings. The standard InChI is InChI=1S/C17H18BrN3O3S/c1-10(22)21-5-4-17(14(23)7-21)8-16(9-19-15(25)20-16)12-6-11(18)2-3-13(12)24-17/h2-3,6H,4-5,7-9H2,1H3,(H2,19,20,25). The number of amides is 1. The number of thiocarbonyl (C=S) groups is 1. The molecular formula is C17H18BrN3O3S. The van der Waals surface area contributed by atoms with Gasteiger partial charge in [-0.15, -0.1) is 0 Å². The van der Waals surface area contributed by atoms with E-state index in [0.717, 1.165) is 10.0 Å². The molecule has 132 valence electrons. The Morgan fingerprint density at radius 2 is 2.24 bits per heavy atom. The highest BCUT2D eigenvalue weighted by atomic mass is 79.9. The molecule has 0 radical (unpaired) electrons. The molecule has 3 aliphatic heterocycles. The van der Waals surface area contributed by atoms with Gasteiger partial charge in [0.15, 0.2) is 16.5 Å². The summed E-state index contributed by atoms with van der Waals surface area (Å²) in [4.78, 5) is 26.2. The predicted molar refractivity (Wildman–Crippen MR) is 99.4 cm³/mol. The smallest absolute Gasteiger partial charge is 0.219 e. The summed E-state index contributed by atoms with van der Waals surface area (Å²) in [5.74, 6) is 0.555. The Morgan fingerprint density at radius 1 is 1.44 bits per heavy atom. The fraction of sp³-hybridized carbons (Fsp3) is 0.471. The quantitative estimate of drug-likeness (QED) is 0.615. The first-order valence-electron chi connectivity index (χ1n) is 8.18. The average molecular weight is 424 g/mol. The van der Waals surface area contributed by atoms with Crippen LogP contribution in [0, 0.1) is 0 Å². The lowest BCUT2D eigenvalue weighted by atomic mass is 9.72. The zero-order valence-electron chi connectivity index (χ0n) is 13.7. The van der Waals surface area contributed by atoms with Gasteiger partial charge in [0.2, 0.25) is 5.91 Å². The number of hydrogen-bond acceptors (Lipinski definition) is 4. The van der Waals surface area contributed by atoms with Crippen LogP contribution in [0.5, 0.6) is 5.75 Å². The Bertz CT molecular complexity index is 801. The first-order chi connectivity index (χ1) is 11.8. The number of rotatable bonds is 0. The number of nitrogens with one attached hydrogen (secondary N) is 2. The van der Waals surface area contributed by atoms with E-state index in [9.17, 15) is 9.59 Å². The molecule has 0 aliphatic carbocycles. The highest BCUT2D eigenvalue weighted by Gasteiger charge is 2.56.